The van der Waals surface area contributed by atoms with Gasteiger partial charge in [0.25, 0.3) is 0 Å². The van der Waals surface area contributed by atoms with Gasteiger partial charge in [-0.2, -0.15) is 0 Å². The second-order valence-electron chi connectivity index (χ2n) is 6.42. The molecular formula is C20H21ClN2O2. The Bertz CT molecular complexity index is 869. The molecule has 5 heteroatoms. The van der Waals surface area contributed by atoms with Gasteiger partial charge in [-0.3, -0.25) is 4.79 Å². The highest BCUT2D eigenvalue weighted by Gasteiger charge is 2.10. The zero-order valence-corrected chi connectivity index (χ0v) is 15.1. The summed E-state index contributed by atoms with van der Waals surface area (Å²) in [6.45, 7) is 4.07. The van der Waals surface area contributed by atoms with Crippen molar-refractivity contribution < 1.29 is 9.21 Å². The normalized spacial score (nSPS) is 11.2. The lowest BCUT2D eigenvalue weighted by Gasteiger charge is -2.05. The number of amides is 1. The third kappa shape index (κ3) is 4.60. The minimum atomic E-state index is -0.00286. The van der Waals surface area contributed by atoms with Crippen LogP contribution in [0.1, 0.15) is 44.1 Å². The lowest BCUT2D eigenvalue weighted by molar-refractivity contribution is -0.116. The van der Waals surface area contributed by atoms with Gasteiger partial charge in [0.15, 0.2) is 11.5 Å². The highest BCUT2D eigenvalue weighted by molar-refractivity contribution is 6.30. The minimum absolute atomic E-state index is 0.00286. The number of aromatic nitrogens is 1. The number of fused-ring (bicyclic) bond motifs is 1. The molecule has 0 fully saturated rings. The molecule has 3 aromatic rings. The van der Waals surface area contributed by atoms with Crippen molar-refractivity contribution in [1.29, 1.82) is 0 Å². The number of nitrogens with zero attached hydrogens (tertiary/aromatic N) is 1. The summed E-state index contributed by atoms with van der Waals surface area (Å²) in [7, 11) is 0. The molecule has 0 aliphatic carbocycles. The van der Waals surface area contributed by atoms with Gasteiger partial charge >= 0.3 is 0 Å². The van der Waals surface area contributed by atoms with E-state index in [0.717, 1.165) is 29.1 Å². The molecule has 1 heterocycles. The average Bonchev–Trinajstić information content (AvgIpc) is 3.00. The Kier molecular flexibility index (Phi) is 5.39. The van der Waals surface area contributed by atoms with Crippen LogP contribution < -0.4 is 5.32 Å². The van der Waals surface area contributed by atoms with Crippen LogP contribution in [0, 0.1) is 0 Å². The van der Waals surface area contributed by atoms with Crippen molar-refractivity contribution in [2.45, 2.75) is 39.0 Å². The molecule has 0 radical (unpaired) electrons. The SMILES string of the molecule is CC(C)c1nc2ccc(NC(=O)CCCc3ccc(Cl)cc3)cc2o1. The zero-order chi connectivity index (χ0) is 17.8. The Morgan fingerprint density at radius 1 is 1.20 bits per heavy atom. The highest BCUT2D eigenvalue weighted by atomic mass is 35.5. The van der Waals surface area contributed by atoms with Gasteiger partial charge in [0.05, 0.1) is 0 Å². The summed E-state index contributed by atoms with van der Waals surface area (Å²) < 4.78 is 5.73. The van der Waals surface area contributed by atoms with E-state index in [-0.39, 0.29) is 11.8 Å². The van der Waals surface area contributed by atoms with E-state index in [4.69, 9.17) is 16.0 Å². The first-order chi connectivity index (χ1) is 12.0. The van der Waals surface area contributed by atoms with Crippen LogP contribution in [0.5, 0.6) is 0 Å². The Morgan fingerprint density at radius 2 is 1.96 bits per heavy atom. The van der Waals surface area contributed by atoms with Gasteiger partial charge in [0, 0.05) is 29.1 Å². The van der Waals surface area contributed by atoms with Crippen LogP contribution >= 0.6 is 11.6 Å². The fraction of sp³-hybridized carbons (Fsp3) is 0.300. The smallest absolute Gasteiger partial charge is 0.224 e. The van der Waals surface area contributed by atoms with Crippen molar-refractivity contribution in [3.8, 4) is 0 Å². The van der Waals surface area contributed by atoms with E-state index in [9.17, 15) is 4.79 Å². The van der Waals surface area contributed by atoms with Gasteiger partial charge in [-0.1, -0.05) is 37.6 Å². The molecule has 0 saturated carbocycles. The summed E-state index contributed by atoms with van der Waals surface area (Å²) >= 11 is 5.87. The van der Waals surface area contributed by atoms with Crippen molar-refractivity contribution in [1.82, 2.24) is 4.98 Å². The standard InChI is InChI=1S/C20H21ClN2O2/c1-13(2)20-23-17-11-10-16(12-18(17)25-20)22-19(24)5-3-4-14-6-8-15(21)9-7-14/h6-13H,3-5H2,1-2H3,(H,22,24). The predicted molar refractivity (Wildman–Crippen MR) is 101 cm³/mol. The largest absolute Gasteiger partial charge is 0.440 e. The molecule has 130 valence electrons. The first-order valence-electron chi connectivity index (χ1n) is 8.46. The second-order valence-corrected chi connectivity index (χ2v) is 6.85. The average molecular weight is 357 g/mol. The molecule has 0 unspecified atom stereocenters. The van der Waals surface area contributed by atoms with Crippen LogP contribution in [-0.4, -0.2) is 10.9 Å². The van der Waals surface area contributed by atoms with E-state index in [1.807, 2.05) is 56.3 Å². The number of carbonyl (C=O) groups is 1. The Balaban J connectivity index is 1.55. The van der Waals surface area contributed by atoms with E-state index in [2.05, 4.69) is 10.3 Å². The Labute approximate surface area is 152 Å². The molecule has 0 aliphatic heterocycles. The van der Waals surface area contributed by atoms with Gasteiger partial charge in [-0.05, 0) is 42.7 Å². The summed E-state index contributed by atoms with van der Waals surface area (Å²) in [6, 6.07) is 13.3. The van der Waals surface area contributed by atoms with E-state index >= 15 is 0 Å². The first kappa shape index (κ1) is 17.5. The lowest BCUT2D eigenvalue weighted by atomic mass is 10.1. The van der Waals surface area contributed by atoms with Gasteiger partial charge in [0.2, 0.25) is 5.91 Å². The molecule has 0 bridgehead atoms. The van der Waals surface area contributed by atoms with Crippen LogP contribution in [0.4, 0.5) is 5.69 Å². The molecule has 1 N–H and O–H groups in total. The molecule has 0 saturated heterocycles. The molecule has 2 aromatic carbocycles. The van der Waals surface area contributed by atoms with E-state index in [1.165, 1.54) is 5.56 Å². The van der Waals surface area contributed by atoms with Crippen LogP contribution in [0.25, 0.3) is 11.1 Å². The summed E-state index contributed by atoms with van der Waals surface area (Å²) in [6.07, 6.45) is 2.10. The number of nitrogens with one attached hydrogen (secondary N) is 1. The number of halogens is 1. The number of rotatable bonds is 6. The lowest BCUT2D eigenvalue weighted by Crippen LogP contribution is -2.11. The maximum atomic E-state index is 12.1. The summed E-state index contributed by atoms with van der Waals surface area (Å²) in [4.78, 5) is 16.6. The molecule has 0 spiro atoms. The monoisotopic (exact) mass is 356 g/mol. The van der Waals surface area contributed by atoms with Crippen molar-refractivity contribution >= 4 is 34.3 Å². The van der Waals surface area contributed by atoms with Crippen molar-refractivity contribution in [3.05, 3.63) is 58.9 Å². The molecular weight excluding hydrogens is 336 g/mol. The topological polar surface area (TPSA) is 55.1 Å². The summed E-state index contributed by atoms with van der Waals surface area (Å²) in [5.41, 5.74) is 3.42. The number of aryl methyl sites for hydroxylation is 1. The zero-order valence-electron chi connectivity index (χ0n) is 14.4. The van der Waals surface area contributed by atoms with Crippen LogP contribution in [0.2, 0.25) is 5.02 Å². The number of benzene rings is 2. The minimum Gasteiger partial charge on any atom is -0.440 e. The third-order valence-corrected chi connectivity index (χ3v) is 4.22. The number of oxazole rings is 1. The van der Waals surface area contributed by atoms with Crippen LogP contribution in [0.15, 0.2) is 46.9 Å². The molecule has 25 heavy (non-hydrogen) atoms. The molecule has 3 rings (SSSR count). The highest BCUT2D eigenvalue weighted by Crippen LogP contribution is 2.24. The fourth-order valence-corrected chi connectivity index (χ4v) is 2.72. The number of anilines is 1. The van der Waals surface area contributed by atoms with E-state index in [0.29, 0.717) is 17.9 Å². The Hall–Kier alpha value is -2.33. The Morgan fingerprint density at radius 3 is 2.68 bits per heavy atom. The van der Waals surface area contributed by atoms with E-state index < -0.39 is 0 Å². The molecule has 0 aliphatic rings. The van der Waals surface area contributed by atoms with Crippen LogP contribution in [-0.2, 0) is 11.2 Å². The molecule has 1 aromatic heterocycles. The first-order valence-corrected chi connectivity index (χ1v) is 8.84. The summed E-state index contributed by atoms with van der Waals surface area (Å²) in [5, 5.41) is 3.65. The second kappa shape index (κ2) is 7.70. The maximum absolute atomic E-state index is 12.1. The summed E-state index contributed by atoms with van der Waals surface area (Å²) in [5.74, 6) is 0.941. The van der Waals surface area contributed by atoms with Crippen molar-refractivity contribution in [2.24, 2.45) is 0 Å². The quantitative estimate of drug-likeness (QED) is 0.628. The van der Waals surface area contributed by atoms with Gasteiger partial charge < -0.3 is 9.73 Å². The van der Waals surface area contributed by atoms with Crippen molar-refractivity contribution in [2.75, 3.05) is 5.32 Å². The van der Waals surface area contributed by atoms with E-state index in [1.54, 1.807) is 0 Å². The fourth-order valence-electron chi connectivity index (χ4n) is 2.59. The number of hydrogen-bond donors (Lipinski definition) is 1. The van der Waals surface area contributed by atoms with Crippen molar-refractivity contribution in [3.63, 3.8) is 0 Å². The third-order valence-electron chi connectivity index (χ3n) is 3.97. The van der Waals surface area contributed by atoms with Gasteiger partial charge in [0.1, 0.15) is 5.52 Å². The molecule has 0 atom stereocenters. The number of hydrogen-bond acceptors (Lipinski definition) is 3. The molecule has 1 amide bonds. The van der Waals surface area contributed by atoms with Gasteiger partial charge in [-0.25, -0.2) is 4.98 Å². The molecule has 4 nitrogen and oxygen atoms in total. The predicted octanol–water partition coefficient (Wildman–Crippen LogP) is 5.57. The maximum Gasteiger partial charge on any atom is 0.224 e. The van der Waals surface area contributed by atoms with Gasteiger partial charge in [-0.15, -0.1) is 0 Å². The van der Waals surface area contributed by atoms with Crippen LogP contribution in [0.3, 0.4) is 0 Å². The number of carbonyl (C=O) groups excluding carboxylic acids is 1.